The predicted molar refractivity (Wildman–Crippen MR) is 96.1 cm³/mol. The highest BCUT2D eigenvalue weighted by atomic mass is 16.5. The fourth-order valence-electron chi connectivity index (χ4n) is 3.36. The van der Waals surface area contributed by atoms with Gasteiger partial charge in [0, 0.05) is 6.04 Å². The molecule has 122 valence electrons. The maximum absolute atomic E-state index is 5.94. The summed E-state index contributed by atoms with van der Waals surface area (Å²) in [5.74, 6) is 0.986. The number of nitrogens with zero attached hydrogens (tertiary/aromatic N) is 1. The molecule has 2 aromatic rings. The average Bonchev–Trinajstić information content (AvgIpc) is 2.59. The van der Waals surface area contributed by atoms with Crippen molar-refractivity contribution in [1.82, 2.24) is 4.90 Å². The zero-order valence-corrected chi connectivity index (χ0v) is 14.1. The SMILES string of the molecule is CN1CCCCC1CCOc1ccc(Cc2ccccc2)cc1. The van der Waals surface area contributed by atoms with Gasteiger partial charge < -0.3 is 9.64 Å². The Bertz CT molecular complexity index is 579. The zero-order valence-electron chi connectivity index (χ0n) is 14.1. The molecule has 1 fully saturated rings. The molecule has 0 N–H and O–H groups in total. The summed E-state index contributed by atoms with van der Waals surface area (Å²) in [6, 6.07) is 19.8. The fraction of sp³-hybridized carbons (Fsp3) is 0.429. The van der Waals surface area contributed by atoms with Crippen molar-refractivity contribution < 1.29 is 4.74 Å². The molecule has 1 saturated heterocycles. The van der Waals surface area contributed by atoms with Crippen LogP contribution in [0.2, 0.25) is 0 Å². The Labute approximate surface area is 140 Å². The molecular weight excluding hydrogens is 282 g/mol. The van der Waals surface area contributed by atoms with Crippen molar-refractivity contribution in [2.75, 3.05) is 20.2 Å². The van der Waals surface area contributed by atoms with E-state index in [9.17, 15) is 0 Å². The summed E-state index contributed by atoms with van der Waals surface area (Å²) < 4.78 is 5.94. The van der Waals surface area contributed by atoms with E-state index in [-0.39, 0.29) is 0 Å². The van der Waals surface area contributed by atoms with E-state index in [1.54, 1.807) is 0 Å². The molecule has 1 atom stereocenters. The molecule has 0 radical (unpaired) electrons. The average molecular weight is 309 g/mol. The fourth-order valence-corrected chi connectivity index (χ4v) is 3.36. The highest BCUT2D eigenvalue weighted by molar-refractivity contribution is 5.31. The third-order valence-electron chi connectivity index (χ3n) is 4.82. The van der Waals surface area contributed by atoms with Gasteiger partial charge in [-0.3, -0.25) is 0 Å². The van der Waals surface area contributed by atoms with Crippen LogP contribution in [0.4, 0.5) is 0 Å². The first-order valence-corrected chi connectivity index (χ1v) is 8.77. The van der Waals surface area contributed by atoms with E-state index in [2.05, 4.69) is 66.5 Å². The second-order valence-corrected chi connectivity index (χ2v) is 6.57. The topological polar surface area (TPSA) is 12.5 Å². The Morgan fingerprint density at radius 3 is 2.43 bits per heavy atom. The summed E-state index contributed by atoms with van der Waals surface area (Å²) in [7, 11) is 2.24. The Morgan fingerprint density at radius 1 is 0.957 bits per heavy atom. The van der Waals surface area contributed by atoms with Crippen molar-refractivity contribution in [2.45, 2.75) is 38.1 Å². The summed E-state index contributed by atoms with van der Waals surface area (Å²) in [6.07, 6.45) is 6.13. The number of hydrogen-bond donors (Lipinski definition) is 0. The molecule has 1 heterocycles. The summed E-state index contributed by atoms with van der Waals surface area (Å²) in [5.41, 5.74) is 2.68. The third-order valence-corrected chi connectivity index (χ3v) is 4.82. The first-order valence-electron chi connectivity index (χ1n) is 8.77. The number of piperidine rings is 1. The van der Waals surface area contributed by atoms with Crippen LogP contribution in [0.25, 0.3) is 0 Å². The number of benzene rings is 2. The lowest BCUT2D eigenvalue weighted by atomic mass is 10.0. The van der Waals surface area contributed by atoms with Crippen LogP contribution in [0, 0.1) is 0 Å². The van der Waals surface area contributed by atoms with Crippen LogP contribution in [0.1, 0.15) is 36.8 Å². The van der Waals surface area contributed by atoms with E-state index in [0.29, 0.717) is 6.04 Å². The highest BCUT2D eigenvalue weighted by Gasteiger charge is 2.18. The maximum Gasteiger partial charge on any atom is 0.119 e. The van der Waals surface area contributed by atoms with Gasteiger partial charge in [0.05, 0.1) is 6.61 Å². The molecule has 23 heavy (non-hydrogen) atoms. The van der Waals surface area contributed by atoms with Crippen molar-refractivity contribution >= 4 is 0 Å². The quantitative estimate of drug-likeness (QED) is 0.777. The van der Waals surface area contributed by atoms with E-state index < -0.39 is 0 Å². The standard InChI is InChI=1S/C21H27NO/c1-22-15-6-5-9-20(22)14-16-23-21-12-10-19(11-13-21)17-18-7-3-2-4-8-18/h2-4,7-8,10-13,20H,5-6,9,14-17H2,1H3. The predicted octanol–water partition coefficient (Wildman–Crippen LogP) is 4.53. The van der Waals surface area contributed by atoms with Crippen LogP contribution >= 0.6 is 0 Å². The molecule has 2 aromatic carbocycles. The number of rotatable bonds is 6. The number of likely N-dealkylation sites (tertiary alicyclic amines) is 1. The molecular formula is C21H27NO. The lowest BCUT2D eigenvalue weighted by Gasteiger charge is -2.32. The van der Waals surface area contributed by atoms with E-state index in [0.717, 1.165) is 25.2 Å². The largest absolute Gasteiger partial charge is 0.494 e. The smallest absolute Gasteiger partial charge is 0.119 e. The monoisotopic (exact) mass is 309 g/mol. The minimum absolute atomic E-state index is 0.695. The molecule has 3 rings (SSSR count). The molecule has 0 aromatic heterocycles. The van der Waals surface area contributed by atoms with Crippen LogP contribution in [0.15, 0.2) is 54.6 Å². The molecule has 0 spiro atoms. The summed E-state index contributed by atoms with van der Waals surface area (Å²) >= 11 is 0. The first-order chi connectivity index (χ1) is 11.3. The van der Waals surface area contributed by atoms with Gasteiger partial charge in [-0.2, -0.15) is 0 Å². The van der Waals surface area contributed by atoms with Crippen LogP contribution in [-0.4, -0.2) is 31.1 Å². The molecule has 1 unspecified atom stereocenters. The van der Waals surface area contributed by atoms with Gasteiger partial charge in [-0.25, -0.2) is 0 Å². The zero-order chi connectivity index (χ0) is 15.9. The molecule has 0 amide bonds. The van der Waals surface area contributed by atoms with Gasteiger partial charge in [0.25, 0.3) is 0 Å². The second-order valence-electron chi connectivity index (χ2n) is 6.57. The van der Waals surface area contributed by atoms with E-state index in [1.807, 2.05) is 0 Å². The number of hydrogen-bond acceptors (Lipinski definition) is 2. The van der Waals surface area contributed by atoms with Gasteiger partial charge in [-0.15, -0.1) is 0 Å². The molecule has 0 saturated carbocycles. The minimum atomic E-state index is 0.695. The Balaban J connectivity index is 1.46. The Kier molecular flexibility index (Phi) is 5.71. The molecule has 2 nitrogen and oxygen atoms in total. The van der Waals surface area contributed by atoms with Crippen LogP contribution in [-0.2, 0) is 6.42 Å². The third kappa shape index (κ3) is 4.84. The molecule has 0 aliphatic carbocycles. The molecule has 1 aliphatic heterocycles. The summed E-state index contributed by atoms with van der Waals surface area (Å²) in [4.78, 5) is 2.48. The van der Waals surface area contributed by atoms with E-state index in [1.165, 1.54) is 36.9 Å². The maximum atomic E-state index is 5.94. The summed E-state index contributed by atoms with van der Waals surface area (Å²) in [6.45, 7) is 2.05. The summed E-state index contributed by atoms with van der Waals surface area (Å²) in [5, 5.41) is 0. The Hall–Kier alpha value is -1.80. The van der Waals surface area contributed by atoms with Gasteiger partial charge in [0.15, 0.2) is 0 Å². The van der Waals surface area contributed by atoms with Gasteiger partial charge in [-0.1, -0.05) is 48.9 Å². The van der Waals surface area contributed by atoms with Crippen molar-refractivity contribution in [2.24, 2.45) is 0 Å². The van der Waals surface area contributed by atoms with Crippen LogP contribution in [0.5, 0.6) is 5.75 Å². The highest BCUT2D eigenvalue weighted by Crippen LogP contribution is 2.19. The Morgan fingerprint density at radius 2 is 1.70 bits per heavy atom. The second kappa shape index (κ2) is 8.16. The molecule has 1 aliphatic rings. The van der Waals surface area contributed by atoms with E-state index >= 15 is 0 Å². The van der Waals surface area contributed by atoms with Gasteiger partial charge >= 0.3 is 0 Å². The first kappa shape index (κ1) is 16.1. The van der Waals surface area contributed by atoms with Crippen molar-refractivity contribution in [3.05, 3.63) is 65.7 Å². The molecule has 2 heteroatoms. The van der Waals surface area contributed by atoms with Gasteiger partial charge in [0.2, 0.25) is 0 Å². The van der Waals surface area contributed by atoms with Gasteiger partial charge in [0.1, 0.15) is 5.75 Å². The van der Waals surface area contributed by atoms with E-state index in [4.69, 9.17) is 4.74 Å². The van der Waals surface area contributed by atoms with Crippen molar-refractivity contribution in [3.8, 4) is 5.75 Å². The molecule has 0 bridgehead atoms. The number of ether oxygens (including phenoxy) is 1. The normalized spacial score (nSPS) is 18.7. The van der Waals surface area contributed by atoms with Crippen LogP contribution in [0.3, 0.4) is 0 Å². The van der Waals surface area contributed by atoms with Crippen molar-refractivity contribution in [3.63, 3.8) is 0 Å². The van der Waals surface area contributed by atoms with Crippen molar-refractivity contribution in [1.29, 1.82) is 0 Å². The van der Waals surface area contributed by atoms with Gasteiger partial charge in [-0.05, 0) is 62.5 Å². The van der Waals surface area contributed by atoms with Crippen LogP contribution < -0.4 is 4.74 Å². The lowest BCUT2D eigenvalue weighted by molar-refractivity contribution is 0.153. The lowest BCUT2D eigenvalue weighted by Crippen LogP contribution is -2.37. The minimum Gasteiger partial charge on any atom is -0.494 e.